The molecule has 6 nitrogen and oxygen atoms in total. The Labute approximate surface area is 148 Å². The first kappa shape index (κ1) is 17.0. The zero-order chi connectivity index (χ0) is 18.0. The summed E-state index contributed by atoms with van der Waals surface area (Å²) in [5, 5.41) is 2.81. The average molecular weight is 358 g/mol. The second-order valence-corrected chi connectivity index (χ2v) is 6.53. The fraction of sp³-hybridized carbons (Fsp3) is 0.222. The number of carbonyl (C=O) groups is 1. The van der Waals surface area contributed by atoms with E-state index in [1.165, 1.54) is 0 Å². The van der Waals surface area contributed by atoms with Crippen LogP contribution in [-0.4, -0.2) is 23.7 Å². The van der Waals surface area contributed by atoms with E-state index in [0.29, 0.717) is 11.4 Å². The molecule has 1 atom stereocenters. The van der Waals surface area contributed by atoms with Crippen LogP contribution in [-0.2, 0) is 11.8 Å². The number of methoxy groups -OCH3 is 1. The largest absolute Gasteiger partial charge is 0.497 e. The highest BCUT2D eigenvalue weighted by atomic mass is 32.1. The number of ether oxygens (including phenoxy) is 2. The number of fused-ring (bicyclic) bond motifs is 1. The van der Waals surface area contributed by atoms with Gasteiger partial charge in [-0.25, -0.2) is 0 Å². The summed E-state index contributed by atoms with van der Waals surface area (Å²) in [7, 11) is 3.32. The van der Waals surface area contributed by atoms with Gasteiger partial charge in [-0.3, -0.25) is 9.59 Å². The van der Waals surface area contributed by atoms with Crippen molar-refractivity contribution >= 4 is 33.1 Å². The van der Waals surface area contributed by atoms with Crippen molar-refractivity contribution in [1.29, 1.82) is 0 Å². The van der Waals surface area contributed by atoms with Crippen LogP contribution in [0.3, 0.4) is 0 Å². The molecule has 0 bridgehead atoms. The number of anilines is 1. The molecule has 130 valence electrons. The van der Waals surface area contributed by atoms with Crippen molar-refractivity contribution in [2.24, 2.45) is 7.05 Å². The van der Waals surface area contributed by atoms with Gasteiger partial charge in [-0.1, -0.05) is 11.3 Å². The molecule has 0 saturated carbocycles. The molecule has 1 amide bonds. The number of nitrogens with one attached hydrogen (secondary N) is 1. The zero-order valence-corrected chi connectivity index (χ0v) is 14.9. The molecule has 0 saturated heterocycles. The topological polar surface area (TPSA) is 69.6 Å². The molecule has 1 N–H and O–H groups in total. The van der Waals surface area contributed by atoms with E-state index in [4.69, 9.17) is 9.47 Å². The Bertz CT molecular complexity index is 959. The van der Waals surface area contributed by atoms with Crippen LogP contribution >= 0.6 is 11.3 Å². The number of benzene rings is 2. The van der Waals surface area contributed by atoms with Gasteiger partial charge >= 0.3 is 4.87 Å². The van der Waals surface area contributed by atoms with Gasteiger partial charge in [0.2, 0.25) is 0 Å². The molecule has 0 aliphatic rings. The van der Waals surface area contributed by atoms with Gasteiger partial charge in [-0.05, 0) is 49.4 Å². The van der Waals surface area contributed by atoms with Crippen LogP contribution in [0, 0.1) is 0 Å². The van der Waals surface area contributed by atoms with Gasteiger partial charge in [-0.15, -0.1) is 0 Å². The number of thiazole rings is 1. The second kappa shape index (κ2) is 6.98. The number of nitrogens with zero attached hydrogens (tertiary/aromatic N) is 1. The first-order valence-electron chi connectivity index (χ1n) is 7.69. The Balaban J connectivity index is 1.69. The highest BCUT2D eigenvalue weighted by Gasteiger charge is 2.15. The quantitative estimate of drug-likeness (QED) is 0.761. The maximum Gasteiger partial charge on any atom is 0.307 e. The van der Waals surface area contributed by atoms with Crippen molar-refractivity contribution in [3.8, 4) is 11.5 Å². The summed E-state index contributed by atoms with van der Waals surface area (Å²) in [6.45, 7) is 1.68. The predicted octanol–water partition coefficient (Wildman–Crippen LogP) is 3.01. The number of rotatable bonds is 5. The number of aromatic nitrogens is 1. The summed E-state index contributed by atoms with van der Waals surface area (Å²) < 4.78 is 13.1. The van der Waals surface area contributed by atoms with E-state index in [0.717, 1.165) is 27.3 Å². The molecule has 3 aromatic rings. The lowest BCUT2D eigenvalue weighted by atomic mass is 10.2. The smallest absolute Gasteiger partial charge is 0.307 e. The van der Waals surface area contributed by atoms with E-state index in [1.807, 2.05) is 6.07 Å². The monoisotopic (exact) mass is 358 g/mol. The summed E-state index contributed by atoms with van der Waals surface area (Å²) in [4.78, 5) is 24.0. The molecule has 0 fully saturated rings. The number of hydrogen-bond donors (Lipinski definition) is 1. The van der Waals surface area contributed by atoms with Crippen LogP contribution < -0.4 is 19.7 Å². The molecule has 1 heterocycles. The molecular formula is C18H18N2O4S. The Morgan fingerprint density at radius 2 is 1.84 bits per heavy atom. The van der Waals surface area contributed by atoms with Crippen molar-refractivity contribution in [3.63, 3.8) is 0 Å². The van der Waals surface area contributed by atoms with Crippen molar-refractivity contribution < 1.29 is 14.3 Å². The lowest BCUT2D eigenvalue weighted by Gasteiger charge is -2.15. The molecule has 7 heteroatoms. The van der Waals surface area contributed by atoms with Crippen LogP contribution in [0.1, 0.15) is 6.92 Å². The van der Waals surface area contributed by atoms with Crippen LogP contribution in [0.15, 0.2) is 47.3 Å². The molecule has 0 aliphatic heterocycles. The van der Waals surface area contributed by atoms with Crippen LogP contribution in [0.4, 0.5) is 5.69 Å². The second-order valence-electron chi connectivity index (χ2n) is 5.53. The molecule has 0 spiro atoms. The number of hydrogen-bond acceptors (Lipinski definition) is 5. The minimum absolute atomic E-state index is 0.0327. The molecule has 2 aromatic carbocycles. The minimum Gasteiger partial charge on any atom is -0.497 e. The third kappa shape index (κ3) is 3.66. The van der Waals surface area contributed by atoms with Crippen LogP contribution in [0.5, 0.6) is 11.5 Å². The van der Waals surface area contributed by atoms with E-state index in [1.54, 1.807) is 62.0 Å². The summed E-state index contributed by atoms with van der Waals surface area (Å²) >= 11 is 1.15. The predicted molar refractivity (Wildman–Crippen MR) is 98.8 cm³/mol. The van der Waals surface area contributed by atoms with Crippen molar-refractivity contribution in [2.45, 2.75) is 13.0 Å². The Morgan fingerprint density at radius 3 is 2.52 bits per heavy atom. The maximum absolute atomic E-state index is 12.3. The molecule has 3 rings (SSSR count). The first-order chi connectivity index (χ1) is 12.0. The third-order valence-corrected chi connectivity index (χ3v) is 4.80. The first-order valence-corrected chi connectivity index (χ1v) is 8.51. The van der Waals surface area contributed by atoms with Crippen molar-refractivity contribution in [2.75, 3.05) is 12.4 Å². The summed E-state index contributed by atoms with van der Waals surface area (Å²) in [6, 6.07) is 12.4. The molecular weight excluding hydrogens is 340 g/mol. The van der Waals surface area contributed by atoms with Gasteiger partial charge in [0.25, 0.3) is 5.91 Å². The van der Waals surface area contributed by atoms with Gasteiger partial charge in [0, 0.05) is 12.7 Å². The van der Waals surface area contributed by atoms with E-state index in [2.05, 4.69) is 5.32 Å². The van der Waals surface area contributed by atoms with Gasteiger partial charge in [0.15, 0.2) is 6.10 Å². The Morgan fingerprint density at radius 1 is 1.16 bits per heavy atom. The van der Waals surface area contributed by atoms with Crippen molar-refractivity contribution in [3.05, 3.63) is 52.1 Å². The van der Waals surface area contributed by atoms with E-state index < -0.39 is 6.10 Å². The fourth-order valence-corrected chi connectivity index (χ4v) is 3.29. The number of carbonyl (C=O) groups excluding carboxylic acids is 1. The minimum atomic E-state index is -0.668. The Kier molecular flexibility index (Phi) is 4.76. The highest BCUT2D eigenvalue weighted by molar-refractivity contribution is 7.16. The lowest BCUT2D eigenvalue weighted by Crippen LogP contribution is -2.30. The fourth-order valence-electron chi connectivity index (χ4n) is 2.37. The van der Waals surface area contributed by atoms with E-state index >= 15 is 0 Å². The lowest BCUT2D eigenvalue weighted by molar-refractivity contribution is -0.122. The van der Waals surface area contributed by atoms with E-state index in [9.17, 15) is 9.59 Å². The maximum atomic E-state index is 12.3. The standard InChI is InChI=1S/C18H18N2O4S/c1-11(24-14-7-5-13(23-3)6-8-14)17(21)19-12-4-9-15-16(10-12)25-18(22)20(15)2/h4-11H,1-3H3,(H,19,21)/t11-/m1/s1. The van der Waals surface area contributed by atoms with E-state index in [-0.39, 0.29) is 10.8 Å². The normalized spacial score (nSPS) is 12.0. The van der Waals surface area contributed by atoms with Gasteiger partial charge in [0.1, 0.15) is 11.5 Å². The van der Waals surface area contributed by atoms with Crippen LogP contribution in [0.2, 0.25) is 0 Å². The number of aryl methyl sites for hydroxylation is 1. The van der Waals surface area contributed by atoms with Gasteiger partial charge in [-0.2, -0.15) is 0 Å². The SMILES string of the molecule is COc1ccc(O[C@H](C)C(=O)Nc2ccc3c(c2)sc(=O)n3C)cc1. The summed E-state index contributed by atoms with van der Waals surface area (Å²) in [5.41, 5.74) is 1.47. The Hall–Kier alpha value is -2.80. The zero-order valence-electron chi connectivity index (χ0n) is 14.1. The summed E-state index contributed by atoms with van der Waals surface area (Å²) in [5.74, 6) is 1.04. The molecule has 1 aromatic heterocycles. The molecule has 25 heavy (non-hydrogen) atoms. The van der Waals surface area contributed by atoms with Crippen molar-refractivity contribution in [1.82, 2.24) is 4.57 Å². The number of amides is 1. The summed E-state index contributed by atoms with van der Waals surface area (Å²) in [6.07, 6.45) is -0.668. The molecule has 0 aliphatic carbocycles. The highest BCUT2D eigenvalue weighted by Crippen LogP contribution is 2.22. The van der Waals surface area contributed by atoms with Gasteiger partial charge < -0.3 is 19.4 Å². The molecule has 0 radical (unpaired) electrons. The third-order valence-electron chi connectivity index (χ3n) is 3.80. The molecule has 0 unspecified atom stereocenters. The average Bonchev–Trinajstić information content (AvgIpc) is 2.89. The van der Waals surface area contributed by atoms with Crippen LogP contribution in [0.25, 0.3) is 10.2 Å². The van der Waals surface area contributed by atoms with Gasteiger partial charge in [0.05, 0.1) is 17.3 Å².